The van der Waals surface area contributed by atoms with Crippen molar-refractivity contribution in [1.29, 1.82) is 5.41 Å². The lowest BCUT2D eigenvalue weighted by molar-refractivity contribution is -0.138. The topological polar surface area (TPSA) is 141 Å². The predicted molar refractivity (Wildman–Crippen MR) is 144 cm³/mol. The van der Waals surface area contributed by atoms with E-state index in [4.69, 9.17) is 15.9 Å². The van der Waals surface area contributed by atoms with E-state index < -0.39 is 23.5 Å². The van der Waals surface area contributed by atoms with Gasteiger partial charge in [0, 0.05) is 35.2 Å². The number of thiophene rings is 1. The molecule has 3 rings (SSSR count). The van der Waals surface area contributed by atoms with Gasteiger partial charge in [-0.1, -0.05) is 18.2 Å². The van der Waals surface area contributed by atoms with Crippen LogP contribution in [0.25, 0.3) is 0 Å². The number of amides is 3. The summed E-state index contributed by atoms with van der Waals surface area (Å²) < 4.78 is 21.2. The maximum Gasteiger partial charge on any atom is 0.243 e. The third-order valence-electron chi connectivity index (χ3n) is 6.01. The first-order chi connectivity index (χ1) is 18.1. The van der Waals surface area contributed by atoms with Crippen LogP contribution in [0.5, 0.6) is 5.75 Å². The summed E-state index contributed by atoms with van der Waals surface area (Å²) in [5.74, 6) is -0.671. The molecule has 1 aromatic heterocycles. The zero-order valence-electron chi connectivity index (χ0n) is 21.7. The van der Waals surface area contributed by atoms with Crippen LogP contribution in [0.15, 0.2) is 41.8 Å². The second-order valence-electron chi connectivity index (χ2n) is 9.61. The summed E-state index contributed by atoms with van der Waals surface area (Å²) in [6.07, 6.45) is 0.492. The monoisotopic (exact) mass is 546 g/mol. The molecule has 1 aliphatic rings. The molecular formula is C26H35FN6O4S. The highest BCUT2D eigenvalue weighted by atomic mass is 32.1. The molecule has 1 aliphatic heterocycles. The number of rotatable bonds is 13. The van der Waals surface area contributed by atoms with Crippen LogP contribution in [0, 0.1) is 5.41 Å². The molecule has 2 atom stereocenters. The van der Waals surface area contributed by atoms with Gasteiger partial charge in [-0.3, -0.25) is 19.8 Å². The number of nitrogens with one attached hydrogen (secondary N) is 3. The number of alkyl halides is 1. The fourth-order valence-corrected chi connectivity index (χ4v) is 5.15. The van der Waals surface area contributed by atoms with E-state index in [0.717, 1.165) is 4.88 Å². The summed E-state index contributed by atoms with van der Waals surface area (Å²) in [6, 6.07) is 9.95. The molecule has 1 fully saturated rings. The second kappa shape index (κ2) is 13.3. The van der Waals surface area contributed by atoms with Crippen molar-refractivity contribution in [3.05, 3.63) is 52.2 Å². The number of nitrogens with two attached hydrogens (primary N) is 1. The number of likely N-dealkylation sites (tertiary alicyclic amines) is 1. The molecule has 2 heterocycles. The molecule has 0 aliphatic carbocycles. The molecule has 10 nitrogen and oxygen atoms in total. The maximum absolute atomic E-state index is 15.6. The van der Waals surface area contributed by atoms with Crippen molar-refractivity contribution in [2.75, 3.05) is 40.3 Å². The van der Waals surface area contributed by atoms with Gasteiger partial charge in [0.15, 0.2) is 0 Å². The smallest absolute Gasteiger partial charge is 0.243 e. The molecule has 0 unspecified atom stereocenters. The Balaban J connectivity index is 1.52. The van der Waals surface area contributed by atoms with E-state index in [1.807, 2.05) is 30.3 Å². The van der Waals surface area contributed by atoms with Crippen molar-refractivity contribution in [2.24, 2.45) is 5.73 Å². The first-order valence-corrected chi connectivity index (χ1v) is 13.2. The molecule has 1 aromatic carbocycles. The number of amidine groups is 1. The highest BCUT2D eigenvalue weighted by molar-refractivity contribution is 7.10. The molecule has 0 radical (unpaired) electrons. The third-order valence-corrected chi connectivity index (χ3v) is 6.95. The van der Waals surface area contributed by atoms with E-state index in [9.17, 15) is 14.4 Å². The van der Waals surface area contributed by atoms with Crippen LogP contribution in [0.2, 0.25) is 0 Å². The van der Waals surface area contributed by atoms with E-state index in [1.54, 1.807) is 30.4 Å². The first-order valence-electron chi connectivity index (χ1n) is 12.3. The van der Waals surface area contributed by atoms with Crippen LogP contribution in [0.1, 0.15) is 29.7 Å². The van der Waals surface area contributed by atoms with Gasteiger partial charge in [-0.15, -0.1) is 11.3 Å². The molecule has 12 heteroatoms. The van der Waals surface area contributed by atoms with Crippen LogP contribution < -0.4 is 21.1 Å². The molecule has 0 bridgehead atoms. The normalized spacial score (nSPS) is 18.8. The average molecular weight is 547 g/mol. The summed E-state index contributed by atoms with van der Waals surface area (Å²) in [5.41, 5.74) is 4.29. The number of benzene rings is 1. The van der Waals surface area contributed by atoms with Crippen LogP contribution in [0.4, 0.5) is 4.39 Å². The standard InChI is InChI=1S/C26H35FN6O4S/c1-32(2)16-26(27)12-21(25(36)31-13-20-11-18(15-38-20)24(28)29)33(17-26)23(35)14-30-22(34)9-6-10-37-19-7-4-3-5-8-19/h3-5,7-8,11,15,21H,6,9-10,12-14,16-17H2,1-2H3,(H3,28,29)(H,30,34)(H,31,36)/t21-,26-/m0/s1. The summed E-state index contributed by atoms with van der Waals surface area (Å²) in [5, 5.41) is 14.6. The number of carbonyl (C=O) groups is 3. The van der Waals surface area contributed by atoms with Gasteiger partial charge in [0.2, 0.25) is 17.7 Å². The van der Waals surface area contributed by atoms with Crippen LogP contribution in [0.3, 0.4) is 0 Å². The predicted octanol–water partition coefficient (Wildman–Crippen LogP) is 1.49. The van der Waals surface area contributed by atoms with Crippen molar-refractivity contribution >= 4 is 34.9 Å². The number of carbonyl (C=O) groups excluding carboxylic acids is 3. The van der Waals surface area contributed by atoms with Gasteiger partial charge in [-0.2, -0.15) is 0 Å². The number of hydrogen-bond acceptors (Lipinski definition) is 7. The largest absolute Gasteiger partial charge is 0.494 e. The zero-order chi connectivity index (χ0) is 27.7. The fraction of sp³-hybridized carbons (Fsp3) is 0.462. The quantitative estimate of drug-likeness (QED) is 0.171. The Hall–Kier alpha value is -3.51. The molecular weight excluding hydrogens is 511 g/mol. The van der Waals surface area contributed by atoms with E-state index in [-0.39, 0.29) is 50.8 Å². The van der Waals surface area contributed by atoms with E-state index >= 15 is 4.39 Å². The van der Waals surface area contributed by atoms with Crippen LogP contribution in [-0.4, -0.2) is 85.4 Å². The van der Waals surface area contributed by atoms with Crippen molar-refractivity contribution in [2.45, 2.75) is 37.5 Å². The lowest BCUT2D eigenvalue weighted by atomic mass is 10.0. The van der Waals surface area contributed by atoms with E-state index in [2.05, 4.69) is 10.6 Å². The Morgan fingerprint density at radius 3 is 2.66 bits per heavy atom. The van der Waals surface area contributed by atoms with Crippen LogP contribution in [-0.2, 0) is 20.9 Å². The Kier molecular flexibility index (Phi) is 10.2. The van der Waals surface area contributed by atoms with Gasteiger partial charge in [-0.05, 0) is 38.7 Å². The number of nitrogens with zero attached hydrogens (tertiary/aromatic N) is 2. The van der Waals surface area contributed by atoms with Crippen molar-refractivity contribution in [3.8, 4) is 5.75 Å². The summed E-state index contributed by atoms with van der Waals surface area (Å²) in [6.45, 7) is 0.0154. The first kappa shape index (κ1) is 29.1. The van der Waals surface area contributed by atoms with Gasteiger partial charge in [0.05, 0.1) is 26.2 Å². The summed E-state index contributed by atoms with van der Waals surface area (Å²) >= 11 is 1.34. The number of nitrogen functional groups attached to an aromatic ring is 1. The maximum atomic E-state index is 15.6. The molecule has 3 amide bonds. The molecule has 38 heavy (non-hydrogen) atoms. The lowest BCUT2D eigenvalue weighted by Crippen LogP contribution is -2.49. The number of ether oxygens (including phenoxy) is 1. The minimum absolute atomic E-state index is 0.0568. The van der Waals surface area contributed by atoms with Crippen molar-refractivity contribution in [1.82, 2.24) is 20.4 Å². The van der Waals surface area contributed by atoms with Crippen molar-refractivity contribution in [3.63, 3.8) is 0 Å². The molecule has 0 spiro atoms. The second-order valence-corrected chi connectivity index (χ2v) is 10.6. The Morgan fingerprint density at radius 1 is 1.26 bits per heavy atom. The number of hydrogen-bond donors (Lipinski definition) is 4. The van der Waals surface area contributed by atoms with Crippen molar-refractivity contribution < 1.29 is 23.5 Å². The number of halogens is 1. The van der Waals surface area contributed by atoms with E-state index in [0.29, 0.717) is 24.3 Å². The highest BCUT2D eigenvalue weighted by Crippen LogP contribution is 2.32. The molecule has 1 saturated heterocycles. The number of para-hydroxylation sites is 1. The van der Waals surface area contributed by atoms with Gasteiger partial charge in [0.25, 0.3) is 0 Å². The Morgan fingerprint density at radius 2 is 2.00 bits per heavy atom. The zero-order valence-corrected chi connectivity index (χ0v) is 22.5. The van der Waals surface area contributed by atoms with E-state index in [1.165, 1.54) is 16.2 Å². The molecule has 5 N–H and O–H groups in total. The minimum Gasteiger partial charge on any atom is -0.494 e. The highest BCUT2D eigenvalue weighted by Gasteiger charge is 2.49. The molecule has 206 valence electrons. The lowest BCUT2D eigenvalue weighted by Gasteiger charge is -2.25. The van der Waals surface area contributed by atoms with Gasteiger partial charge in [0.1, 0.15) is 23.3 Å². The SMILES string of the molecule is CN(C)C[C@@]1(F)C[C@@H](C(=O)NCc2cc(C(=N)N)cs2)N(C(=O)CNC(=O)CCCOc2ccccc2)C1. The third kappa shape index (κ3) is 8.52. The van der Waals surface area contributed by atoms with Crippen LogP contribution >= 0.6 is 11.3 Å². The fourth-order valence-electron chi connectivity index (χ4n) is 4.32. The van der Waals surface area contributed by atoms with Gasteiger partial charge >= 0.3 is 0 Å². The summed E-state index contributed by atoms with van der Waals surface area (Å²) in [7, 11) is 3.46. The van der Waals surface area contributed by atoms with Gasteiger partial charge < -0.3 is 30.9 Å². The molecule has 2 aromatic rings. The molecule has 0 saturated carbocycles. The minimum atomic E-state index is -1.76. The summed E-state index contributed by atoms with van der Waals surface area (Å²) in [4.78, 5) is 41.9. The average Bonchev–Trinajstić information content (AvgIpc) is 3.49. The Labute approximate surface area is 225 Å². The van der Waals surface area contributed by atoms with Gasteiger partial charge in [-0.25, -0.2) is 4.39 Å². The Bertz CT molecular complexity index is 1130.